The summed E-state index contributed by atoms with van der Waals surface area (Å²) in [6.07, 6.45) is 0.929. The molecule has 2 atom stereocenters. The maximum Gasteiger partial charge on any atom is 0.319 e. The maximum absolute atomic E-state index is 17.5. The number of anilines is 1. The number of nitrogens with zero attached hydrogens (tertiary/aromatic N) is 5. The van der Waals surface area contributed by atoms with Crippen molar-refractivity contribution in [2.24, 2.45) is 0 Å². The second kappa shape index (κ2) is 16.3. The van der Waals surface area contributed by atoms with Gasteiger partial charge in [-0.3, -0.25) is 9.88 Å². The number of hydrogen-bond acceptors (Lipinski definition) is 8. The number of aromatic nitrogens is 3. The molecule has 0 bridgehead atoms. The third-order valence-electron chi connectivity index (χ3n) is 12.4. The van der Waals surface area contributed by atoms with Gasteiger partial charge in [-0.1, -0.05) is 53.5 Å². The molecule has 2 saturated heterocycles. The fourth-order valence-electron chi connectivity index (χ4n) is 9.62. The number of halogens is 5. The third kappa shape index (κ3) is 7.79. The molecule has 4 heterocycles. The lowest BCUT2D eigenvalue weighted by atomic mass is 9.95. The van der Waals surface area contributed by atoms with Crippen LogP contribution in [0.1, 0.15) is 79.2 Å². The zero-order valence-corrected chi connectivity index (χ0v) is 34.8. The molecule has 1 aliphatic carbocycles. The van der Waals surface area contributed by atoms with Crippen molar-refractivity contribution in [2.45, 2.75) is 114 Å². The molecular weight excluding hydrogens is 758 g/mol. The van der Waals surface area contributed by atoms with Crippen LogP contribution in [0.5, 0.6) is 11.8 Å². The fraction of sp³-hybridized carbons (Fsp3) is 0.558. The number of hydrogen-bond donors (Lipinski definition) is 0. The van der Waals surface area contributed by atoms with E-state index in [-0.39, 0.29) is 75.6 Å². The quantitative estimate of drug-likeness (QED) is 0.0540. The average Bonchev–Trinajstić information content (AvgIpc) is 3.86. The minimum atomic E-state index is -2.69. The van der Waals surface area contributed by atoms with Crippen LogP contribution in [0.15, 0.2) is 30.5 Å². The highest BCUT2D eigenvalue weighted by molar-refractivity contribution is 6.90. The molecule has 7 rings (SSSR count). The van der Waals surface area contributed by atoms with E-state index in [0.29, 0.717) is 42.3 Å². The smallest absolute Gasteiger partial charge is 0.319 e. The van der Waals surface area contributed by atoms with E-state index in [1.807, 2.05) is 0 Å². The number of rotatable bonds is 14. The van der Waals surface area contributed by atoms with Crippen LogP contribution >= 0.6 is 0 Å². The first kappa shape index (κ1) is 41.1. The lowest BCUT2D eigenvalue weighted by molar-refractivity contribution is 0.0512. The zero-order chi connectivity index (χ0) is 40.8. The summed E-state index contributed by atoms with van der Waals surface area (Å²) in [5.41, 5.74) is 3.89. The standard InChI is InChI=1S/C43H52F5N5O3Si/c1-25(2)57(26(3)4,27(5)6)16-13-32-35(45)12-9-28-17-31(56-24-54-7)18-33(37(28)32)39-38(48)40-34(20-49-39)41(53(22-36(46)47)30-10-11-30)51-42(50-40)55-23-43-14-8-15-52(43)21-29(44)19-43/h9,12,17-18,20,25-27,29-30,36H,8,10-11,14-15,19,21-24H2,1-7H3/t29-,43+/m1/s1. The van der Waals surface area contributed by atoms with Crippen LogP contribution < -0.4 is 14.4 Å². The van der Waals surface area contributed by atoms with Crippen LogP contribution in [0.2, 0.25) is 16.6 Å². The van der Waals surface area contributed by atoms with E-state index in [2.05, 4.69) is 72.9 Å². The largest absolute Gasteiger partial charge is 0.468 e. The van der Waals surface area contributed by atoms with Crippen molar-refractivity contribution >= 4 is 35.6 Å². The Labute approximate surface area is 332 Å². The molecule has 0 amide bonds. The number of fused-ring (bicyclic) bond motifs is 3. The van der Waals surface area contributed by atoms with Crippen molar-refractivity contribution in [1.82, 2.24) is 19.9 Å². The molecule has 2 aliphatic heterocycles. The van der Waals surface area contributed by atoms with E-state index in [0.717, 1.165) is 19.4 Å². The highest BCUT2D eigenvalue weighted by Gasteiger charge is 2.49. The zero-order valence-electron chi connectivity index (χ0n) is 33.8. The molecule has 3 aliphatic rings. The first-order chi connectivity index (χ1) is 27.2. The van der Waals surface area contributed by atoms with Gasteiger partial charge in [-0.15, -0.1) is 5.54 Å². The van der Waals surface area contributed by atoms with Crippen LogP contribution in [0, 0.1) is 23.1 Å². The van der Waals surface area contributed by atoms with Crippen LogP contribution in [0.25, 0.3) is 32.9 Å². The number of benzene rings is 2. The van der Waals surface area contributed by atoms with Crippen molar-refractivity contribution in [3.05, 3.63) is 47.7 Å². The van der Waals surface area contributed by atoms with Gasteiger partial charge in [0.2, 0.25) is 0 Å². The maximum atomic E-state index is 17.5. The van der Waals surface area contributed by atoms with Gasteiger partial charge in [-0.25, -0.2) is 22.0 Å². The Morgan fingerprint density at radius 1 is 1.02 bits per heavy atom. The number of methoxy groups -OCH3 is 1. The van der Waals surface area contributed by atoms with Gasteiger partial charge in [-0.2, -0.15) is 9.97 Å². The molecule has 4 aromatic rings. The Kier molecular flexibility index (Phi) is 11.8. The van der Waals surface area contributed by atoms with Crippen LogP contribution in [0.4, 0.5) is 27.8 Å². The molecule has 14 heteroatoms. The Balaban J connectivity index is 1.44. The number of ether oxygens (including phenoxy) is 3. The summed E-state index contributed by atoms with van der Waals surface area (Å²) in [7, 11) is -0.856. The van der Waals surface area contributed by atoms with Crippen molar-refractivity contribution < 1.29 is 36.2 Å². The predicted octanol–water partition coefficient (Wildman–Crippen LogP) is 9.86. The van der Waals surface area contributed by atoms with Gasteiger partial charge in [0.25, 0.3) is 6.43 Å². The molecular formula is C43H52F5N5O3Si. The van der Waals surface area contributed by atoms with E-state index >= 15 is 8.78 Å². The molecule has 0 unspecified atom stereocenters. The minimum absolute atomic E-state index is 0.0645. The lowest BCUT2D eigenvalue weighted by Gasteiger charge is -2.38. The van der Waals surface area contributed by atoms with Crippen molar-refractivity contribution in [3.8, 4) is 34.5 Å². The van der Waals surface area contributed by atoms with Gasteiger partial charge in [0.05, 0.1) is 23.0 Å². The molecule has 3 fully saturated rings. The van der Waals surface area contributed by atoms with Gasteiger partial charge < -0.3 is 19.1 Å². The molecule has 8 nitrogen and oxygen atoms in total. The Morgan fingerprint density at radius 3 is 2.42 bits per heavy atom. The topological polar surface area (TPSA) is 72.8 Å². The molecule has 0 N–H and O–H groups in total. The molecule has 1 saturated carbocycles. The van der Waals surface area contributed by atoms with Gasteiger partial charge >= 0.3 is 6.01 Å². The normalized spacial score (nSPS) is 20.0. The van der Waals surface area contributed by atoms with Gasteiger partial charge in [0, 0.05) is 43.3 Å². The van der Waals surface area contributed by atoms with E-state index < -0.39 is 44.4 Å². The summed E-state index contributed by atoms with van der Waals surface area (Å²) in [4.78, 5) is 17.3. The predicted molar refractivity (Wildman–Crippen MR) is 216 cm³/mol. The van der Waals surface area contributed by atoms with Crippen LogP contribution in [-0.2, 0) is 4.74 Å². The van der Waals surface area contributed by atoms with Crippen LogP contribution in [0.3, 0.4) is 0 Å². The first-order valence-electron chi connectivity index (χ1n) is 20.0. The average molecular weight is 810 g/mol. The molecule has 57 heavy (non-hydrogen) atoms. The number of alkyl halides is 3. The van der Waals surface area contributed by atoms with Gasteiger partial charge in [-0.05, 0) is 72.4 Å². The lowest BCUT2D eigenvalue weighted by Crippen LogP contribution is -2.43. The summed E-state index contributed by atoms with van der Waals surface area (Å²) < 4.78 is 93.6. The summed E-state index contributed by atoms with van der Waals surface area (Å²) in [6, 6.07) is 5.82. The Morgan fingerprint density at radius 2 is 1.75 bits per heavy atom. The van der Waals surface area contributed by atoms with Crippen molar-refractivity contribution in [3.63, 3.8) is 0 Å². The molecule has 306 valence electrons. The summed E-state index contributed by atoms with van der Waals surface area (Å²) in [5, 5.41) is 1.02. The SMILES string of the molecule is COCOc1cc(-c2ncc3c(N(CC(F)F)C4CC4)nc(OC[C@@]45CCCN4C[C@H](F)C5)nc3c2F)c2c(C#C[Si](C(C)C)(C(C)C)C(C)C)c(F)ccc2c1. The van der Waals surface area contributed by atoms with E-state index in [9.17, 15) is 13.2 Å². The first-order valence-corrected chi connectivity index (χ1v) is 22.3. The monoisotopic (exact) mass is 809 g/mol. The summed E-state index contributed by atoms with van der Waals surface area (Å²) >= 11 is 0. The van der Waals surface area contributed by atoms with E-state index in [4.69, 9.17) is 14.2 Å². The molecule has 0 spiro atoms. The summed E-state index contributed by atoms with van der Waals surface area (Å²) in [5.74, 6) is 2.26. The van der Waals surface area contributed by atoms with Gasteiger partial charge in [0.1, 0.15) is 49.4 Å². The Bertz CT molecular complexity index is 2170. The summed E-state index contributed by atoms with van der Waals surface area (Å²) in [6.45, 7) is 13.4. The highest BCUT2D eigenvalue weighted by atomic mass is 28.3. The van der Waals surface area contributed by atoms with Crippen molar-refractivity contribution in [1.29, 1.82) is 0 Å². The van der Waals surface area contributed by atoms with Gasteiger partial charge in [0.15, 0.2) is 12.6 Å². The van der Waals surface area contributed by atoms with E-state index in [1.165, 1.54) is 24.3 Å². The fourth-order valence-corrected chi connectivity index (χ4v) is 14.8. The minimum Gasteiger partial charge on any atom is -0.468 e. The second-order valence-electron chi connectivity index (χ2n) is 16.8. The van der Waals surface area contributed by atoms with Crippen LogP contribution in [-0.4, -0.2) is 92.2 Å². The second-order valence-corrected chi connectivity index (χ2v) is 22.4. The molecule has 0 radical (unpaired) electrons. The third-order valence-corrected chi connectivity index (χ3v) is 18.7. The molecule has 2 aromatic heterocycles. The van der Waals surface area contributed by atoms with E-state index in [1.54, 1.807) is 18.2 Å². The Hall–Kier alpha value is -4.06. The van der Waals surface area contributed by atoms with Crippen molar-refractivity contribution in [2.75, 3.05) is 45.0 Å². The molecule has 2 aromatic carbocycles. The highest BCUT2D eigenvalue weighted by Crippen LogP contribution is 2.44. The number of pyridine rings is 1.